The van der Waals surface area contributed by atoms with Crippen LogP contribution in [0.25, 0.3) is 32.2 Å². The lowest BCUT2D eigenvalue weighted by Crippen LogP contribution is -2.27. The molecule has 0 radical (unpaired) electrons. The Bertz CT molecular complexity index is 1890. The Kier molecular flexibility index (Phi) is 6.91. The van der Waals surface area contributed by atoms with E-state index in [2.05, 4.69) is 15.0 Å². The summed E-state index contributed by atoms with van der Waals surface area (Å²) in [5.74, 6) is -0.0558. The van der Waals surface area contributed by atoms with Gasteiger partial charge < -0.3 is 14.6 Å². The summed E-state index contributed by atoms with van der Waals surface area (Å²) in [4.78, 5) is 38.0. The molecular formula is C27H20ClN5O5S. The number of benzene rings is 1. The van der Waals surface area contributed by atoms with Crippen LogP contribution in [-0.2, 0) is 6.54 Å². The van der Waals surface area contributed by atoms with Crippen molar-refractivity contribution < 1.29 is 19.4 Å². The molecule has 10 nitrogen and oxygen atoms in total. The second-order valence-corrected chi connectivity index (χ2v) is 9.88. The lowest BCUT2D eigenvalue weighted by atomic mass is 10.0. The summed E-state index contributed by atoms with van der Waals surface area (Å²) in [6, 6.07) is 9.01. The van der Waals surface area contributed by atoms with Gasteiger partial charge in [-0.25, -0.2) is 14.8 Å². The summed E-state index contributed by atoms with van der Waals surface area (Å²) in [5, 5.41) is 21.4. The molecule has 1 aromatic carbocycles. The van der Waals surface area contributed by atoms with Crippen LogP contribution in [0.5, 0.6) is 11.6 Å². The van der Waals surface area contributed by atoms with E-state index in [1.54, 1.807) is 37.4 Å². The number of carboxylic acid groups (broad SMARTS) is 1. The van der Waals surface area contributed by atoms with Gasteiger partial charge in [0.05, 0.1) is 46.5 Å². The van der Waals surface area contributed by atoms with Gasteiger partial charge in [0.15, 0.2) is 0 Å². The van der Waals surface area contributed by atoms with Crippen LogP contribution >= 0.6 is 22.9 Å². The highest BCUT2D eigenvalue weighted by atomic mass is 35.5. The van der Waals surface area contributed by atoms with Gasteiger partial charge in [-0.15, -0.1) is 11.3 Å². The van der Waals surface area contributed by atoms with Gasteiger partial charge in [0.1, 0.15) is 29.8 Å². The number of pyridine rings is 2. The topological polar surface area (TPSA) is 140 Å². The van der Waals surface area contributed by atoms with Crippen LogP contribution in [0.4, 0.5) is 0 Å². The third-order valence-corrected chi connectivity index (χ3v) is 7.38. The fourth-order valence-corrected chi connectivity index (χ4v) is 5.58. The lowest BCUT2D eigenvalue weighted by Gasteiger charge is -2.15. The van der Waals surface area contributed by atoms with E-state index >= 15 is 0 Å². The standard InChI is InChI=1S/C27H20ClN5O5S/c1-13-8-17(24-23(31-13)19(12-39-24)27(35)36)16-9-15(28)4-5-21(16)38-7-6-33-14(2)32-20-11-30-25(37-3)18(10-29)22(20)26(33)34/h4-5,8-9,11-12H,6-7H2,1-3H3,(H,35,36). The van der Waals surface area contributed by atoms with Gasteiger partial charge in [0, 0.05) is 27.2 Å². The van der Waals surface area contributed by atoms with Gasteiger partial charge in [0.25, 0.3) is 5.56 Å². The number of nitrogens with zero attached hydrogens (tertiary/aromatic N) is 5. The average molecular weight is 562 g/mol. The SMILES string of the molecule is COc1ncc2nc(C)n(CCOc3ccc(Cl)cc3-c3cc(C)nc4c(C(=O)O)csc34)c(=O)c2c1C#N. The smallest absolute Gasteiger partial charge is 0.338 e. The van der Waals surface area contributed by atoms with Crippen molar-refractivity contribution in [3.8, 4) is 28.8 Å². The highest BCUT2D eigenvalue weighted by Gasteiger charge is 2.20. The molecule has 196 valence electrons. The highest BCUT2D eigenvalue weighted by Crippen LogP contribution is 2.40. The summed E-state index contributed by atoms with van der Waals surface area (Å²) in [6.45, 7) is 3.74. The summed E-state index contributed by atoms with van der Waals surface area (Å²) in [7, 11) is 1.38. The Hall–Kier alpha value is -4.53. The normalized spacial score (nSPS) is 11.1. The molecule has 0 aliphatic rings. The summed E-state index contributed by atoms with van der Waals surface area (Å²) in [5.41, 5.74) is 2.51. The van der Waals surface area contributed by atoms with Crippen LogP contribution in [0.2, 0.25) is 5.02 Å². The minimum absolute atomic E-state index is 0.0240. The molecule has 0 aliphatic heterocycles. The number of carbonyl (C=O) groups is 1. The predicted octanol–water partition coefficient (Wildman–Crippen LogP) is 5.00. The molecule has 0 fully saturated rings. The summed E-state index contributed by atoms with van der Waals surface area (Å²) in [6.07, 6.45) is 1.40. The first-order valence-corrected chi connectivity index (χ1v) is 12.9. The molecule has 0 atom stereocenters. The van der Waals surface area contributed by atoms with Gasteiger partial charge in [-0.1, -0.05) is 11.6 Å². The lowest BCUT2D eigenvalue weighted by molar-refractivity contribution is 0.0699. The molecule has 5 rings (SSSR count). The van der Waals surface area contributed by atoms with E-state index in [9.17, 15) is 20.0 Å². The second-order valence-electron chi connectivity index (χ2n) is 8.56. The molecule has 1 N–H and O–H groups in total. The molecule has 0 spiro atoms. The predicted molar refractivity (Wildman–Crippen MR) is 147 cm³/mol. The molecule has 4 aromatic heterocycles. The Labute approximate surface area is 230 Å². The van der Waals surface area contributed by atoms with Gasteiger partial charge >= 0.3 is 5.97 Å². The van der Waals surface area contributed by atoms with Gasteiger partial charge in [0.2, 0.25) is 5.88 Å². The molecular weight excluding hydrogens is 542 g/mol. The first kappa shape index (κ1) is 26.1. The van der Waals surface area contributed by atoms with Crippen molar-refractivity contribution in [3.63, 3.8) is 0 Å². The number of thiophene rings is 1. The van der Waals surface area contributed by atoms with Crippen LogP contribution < -0.4 is 15.0 Å². The van der Waals surface area contributed by atoms with Crippen molar-refractivity contribution in [2.45, 2.75) is 20.4 Å². The number of aromatic carboxylic acids is 1. The van der Waals surface area contributed by atoms with E-state index in [1.807, 2.05) is 12.1 Å². The van der Waals surface area contributed by atoms with Crippen molar-refractivity contribution in [2.24, 2.45) is 0 Å². The second kappa shape index (κ2) is 10.3. The number of fused-ring (bicyclic) bond motifs is 2. The van der Waals surface area contributed by atoms with Crippen molar-refractivity contribution >= 4 is 50.0 Å². The van der Waals surface area contributed by atoms with E-state index < -0.39 is 11.5 Å². The highest BCUT2D eigenvalue weighted by molar-refractivity contribution is 7.18. The molecule has 39 heavy (non-hydrogen) atoms. The Morgan fingerprint density at radius 1 is 1.23 bits per heavy atom. The van der Waals surface area contributed by atoms with Crippen LogP contribution in [0.1, 0.15) is 27.4 Å². The maximum absolute atomic E-state index is 13.4. The van der Waals surface area contributed by atoms with Gasteiger partial charge in [-0.2, -0.15) is 5.26 Å². The molecule has 0 unspecified atom stereocenters. The first-order chi connectivity index (χ1) is 18.7. The fourth-order valence-electron chi connectivity index (χ4n) is 4.40. The average Bonchev–Trinajstić information content (AvgIpc) is 3.34. The number of hydrogen-bond donors (Lipinski definition) is 1. The van der Waals surface area contributed by atoms with E-state index in [-0.39, 0.29) is 35.5 Å². The molecule has 4 heterocycles. The van der Waals surface area contributed by atoms with E-state index in [0.717, 1.165) is 5.56 Å². The third-order valence-electron chi connectivity index (χ3n) is 6.15. The first-order valence-electron chi connectivity index (χ1n) is 11.6. The number of aryl methyl sites for hydroxylation is 2. The number of halogens is 1. The minimum atomic E-state index is -1.05. The molecule has 0 saturated carbocycles. The van der Waals surface area contributed by atoms with Crippen LogP contribution in [0, 0.1) is 25.2 Å². The molecule has 12 heteroatoms. The number of ether oxygens (including phenoxy) is 2. The maximum atomic E-state index is 13.4. The van der Waals surface area contributed by atoms with Crippen molar-refractivity contribution in [1.29, 1.82) is 5.26 Å². The minimum Gasteiger partial charge on any atom is -0.491 e. The third kappa shape index (κ3) is 4.65. The number of nitriles is 1. The summed E-state index contributed by atoms with van der Waals surface area (Å²) < 4.78 is 13.4. The van der Waals surface area contributed by atoms with Crippen molar-refractivity contribution in [2.75, 3.05) is 13.7 Å². The van der Waals surface area contributed by atoms with Gasteiger partial charge in [-0.3, -0.25) is 14.3 Å². The number of hydrogen-bond acceptors (Lipinski definition) is 9. The maximum Gasteiger partial charge on any atom is 0.338 e. The Morgan fingerprint density at radius 3 is 2.74 bits per heavy atom. The zero-order valence-corrected chi connectivity index (χ0v) is 22.6. The number of aromatic nitrogens is 4. The Morgan fingerprint density at radius 2 is 2.03 bits per heavy atom. The quantitative estimate of drug-likeness (QED) is 0.291. The molecule has 0 bridgehead atoms. The molecule has 0 aliphatic carbocycles. The fraction of sp³-hybridized carbons (Fsp3) is 0.185. The number of carboxylic acids is 1. The van der Waals surface area contributed by atoms with Gasteiger partial charge in [-0.05, 0) is 38.1 Å². The number of rotatable bonds is 7. The number of methoxy groups -OCH3 is 1. The zero-order chi connectivity index (χ0) is 27.8. The largest absolute Gasteiger partial charge is 0.491 e. The van der Waals surface area contributed by atoms with Crippen molar-refractivity contribution in [1.82, 2.24) is 19.5 Å². The van der Waals surface area contributed by atoms with E-state index in [1.165, 1.54) is 29.2 Å². The van der Waals surface area contributed by atoms with Crippen molar-refractivity contribution in [3.05, 3.63) is 73.9 Å². The monoisotopic (exact) mass is 561 g/mol. The zero-order valence-electron chi connectivity index (χ0n) is 21.0. The van der Waals surface area contributed by atoms with E-state index in [4.69, 9.17) is 21.1 Å². The molecule has 5 aromatic rings. The molecule has 0 amide bonds. The van der Waals surface area contributed by atoms with Crippen LogP contribution in [0.3, 0.4) is 0 Å². The van der Waals surface area contributed by atoms with Crippen LogP contribution in [0.15, 0.2) is 40.6 Å². The van der Waals surface area contributed by atoms with E-state index in [0.29, 0.717) is 43.6 Å². The Balaban J connectivity index is 1.52. The summed E-state index contributed by atoms with van der Waals surface area (Å²) >= 11 is 7.62. The molecule has 0 saturated heterocycles. The van der Waals surface area contributed by atoms with Crippen LogP contribution in [-0.4, -0.2) is 44.3 Å².